The third-order valence-corrected chi connectivity index (χ3v) is 3.58. The van der Waals surface area contributed by atoms with Gasteiger partial charge >= 0.3 is 0 Å². The molecule has 19 heavy (non-hydrogen) atoms. The van der Waals surface area contributed by atoms with E-state index in [1.165, 1.54) is 29.3 Å². The number of hydrogen-bond donors (Lipinski definition) is 1. The van der Waals surface area contributed by atoms with Gasteiger partial charge in [0.15, 0.2) is 0 Å². The van der Waals surface area contributed by atoms with E-state index >= 15 is 0 Å². The van der Waals surface area contributed by atoms with Crippen LogP contribution in [0.15, 0.2) is 54.9 Å². The van der Waals surface area contributed by atoms with Crippen molar-refractivity contribution in [2.45, 2.75) is 18.9 Å². The monoisotopic (exact) mass is 249 g/mol. The Morgan fingerprint density at radius 2 is 1.89 bits per heavy atom. The number of imidazole rings is 1. The van der Waals surface area contributed by atoms with Gasteiger partial charge in [0.2, 0.25) is 5.95 Å². The zero-order chi connectivity index (χ0) is 12.7. The van der Waals surface area contributed by atoms with E-state index in [9.17, 15) is 0 Å². The second-order valence-electron chi connectivity index (χ2n) is 5.04. The molecule has 1 fully saturated rings. The van der Waals surface area contributed by atoms with Crippen LogP contribution in [0.1, 0.15) is 12.8 Å². The summed E-state index contributed by atoms with van der Waals surface area (Å²) in [4.78, 5) is 4.43. The van der Waals surface area contributed by atoms with Crippen LogP contribution in [-0.2, 0) is 0 Å². The van der Waals surface area contributed by atoms with Crippen LogP contribution in [0.5, 0.6) is 0 Å². The Kier molecular flexibility index (Phi) is 2.30. The number of anilines is 1. The maximum Gasteiger partial charge on any atom is 0.207 e. The van der Waals surface area contributed by atoms with Gasteiger partial charge in [0.05, 0.1) is 5.69 Å². The molecule has 1 saturated carbocycles. The van der Waals surface area contributed by atoms with Crippen LogP contribution in [0.4, 0.5) is 5.95 Å². The number of hydrogen-bond acceptors (Lipinski definition) is 2. The van der Waals surface area contributed by atoms with Gasteiger partial charge in [-0.3, -0.25) is 4.57 Å². The van der Waals surface area contributed by atoms with Gasteiger partial charge in [-0.1, -0.05) is 36.4 Å². The molecular formula is C16H15N3. The average Bonchev–Trinajstić information content (AvgIpc) is 3.15. The maximum absolute atomic E-state index is 4.43. The van der Waals surface area contributed by atoms with Crippen LogP contribution in [0.3, 0.4) is 0 Å². The highest BCUT2D eigenvalue weighted by atomic mass is 15.2. The summed E-state index contributed by atoms with van der Waals surface area (Å²) >= 11 is 0. The minimum Gasteiger partial charge on any atom is -0.353 e. The fourth-order valence-electron chi connectivity index (χ4n) is 2.43. The SMILES string of the molecule is c1ccc2c(-n3ccnc3NC3CC3)cccc2c1. The Morgan fingerprint density at radius 1 is 1.05 bits per heavy atom. The summed E-state index contributed by atoms with van der Waals surface area (Å²) < 4.78 is 2.14. The van der Waals surface area contributed by atoms with Crippen LogP contribution in [0.25, 0.3) is 16.5 Å². The standard InChI is InChI=1S/C16H15N3/c1-2-6-14-12(4-1)5-3-7-15(14)19-11-10-17-16(19)18-13-8-9-13/h1-7,10-11,13H,8-9H2,(H,17,18). The summed E-state index contributed by atoms with van der Waals surface area (Å²) in [6.45, 7) is 0. The number of nitrogens with zero attached hydrogens (tertiary/aromatic N) is 2. The van der Waals surface area contributed by atoms with E-state index in [-0.39, 0.29) is 0 Å². The van der Waals surface area contributed by atoms with Gasteiger partial charge in [-0.05, 0) is 24.3 Å². The van der Waals surface area contributed by atoms with Crippen LogP contribution >= 0.6 is 0 Å². The zero-order valence-electron chi connectivity index (χ0n) is 10.6. The Labute approximate surface area is 111 Å². The summed E-state index contributed by atoms with van der Waals surface area (Å²) in [5.74, 6) is 0.943. The molecular weight excluding hydrogens is 234 g/mol. The molecule has 0 bridgehead atoms. The lowest BCUT2D eigenvalue weighted by Crippen LogP contribution is -2.07. The summed E-state index contributed by atoms with van der Waals surface area (Å²) in [7, 11) is 0. The van der Waals surface area contributed by atoms with Gasteiger partial charge in [-0.2, -0.15) is 0 Å². The van der Waals surface area contributed by atoms with Gasteiger partial charge in [-0.15, -0.1) is 0 Å². The molecule has 1 N–H and O–H groups in total. The fraction of sp³-hybridized carbons (Fsp3) is 0.188. The Bertz CT molecular complexity index is 720. The van der Waals surface area contributed by atoms with Crippen LogP contribution in [0.2, 0.25) is 0 Å². The van der Waals surface area contributed by atoms with Gasteiger partial charge in [0.25, 0.3) is 0 Å². The molecule has 0 radical (unpaired) electrons. The highest BCUT2D eigenvalue weighted by molar-refractivity contribution is 5.90. The molecule has 0 saturated heterocycles. The molecule has 1 heterocycles. The molecule has 3 nitrogen and oxygen atoms in total. The number of nitrogens with one attached hydrogen (secondary N) is 1. The van der Waals surface area contributed by atoms with Gasteiger partial charge < -0.3 is 5.32 Å². The molecule has 0 unspecified atom stereocenters. The third-order valence-electron chi connectivity index (χ3n) is 3.58. The lowest BCUT2D eigenvalue weighted by Gasteiger charge is -2.11. The predicted octanol–water partition coefficient (Wildman–Crippen LogP) is 3.60. The molecule has 0 atom stereocenters. The van der Waals surface area contributed by atoms with Crippen molar-refractivity contribution in [2.24, 2.45) is 0 Å². The van der Waals surface area contributed by atoms with Crippen molar-refractivity contribution in [3.8, 4) is 5.69 Å². The van der Waals surface area contributed by atoms with Crippen molar-refractivity contribution in [2.75, 3.05) is 5.32 Å². The van der Waals surface area contributed by atoms with Crippen LogP contribution < -0.4 is 5.32 Å². The topological polar surface area (TPSA) is 29.9 Å². The summed E-state index contributed by atoms with van der Waals surface area (Å²) in [6.07, 6.45) is 6.38. The lowest BCUT2D eigenvalue weighted by atomic mass is 10.1. The number of rotatable bonds is 3. The van der Waals surface area contributed by atoms with E-state index in [0.717, 1.165) is 5.95 Å². The molecule has 0 aliphatic heterocycles. The first-order valence-corrected chi connectivity index (χ1v) is 6.70. The Balaban J connectivity index is 1.87. The smallest absolute Gasteiger partial charge is 0.207 e. The first kappa shape index (κ1) is 10.6. The predicted molar refractivity (Wildman–Crippen MR) is 77.7 cm³/mol. The number of fused-ring (bicyclic) bond motifs is 1. The van der Waals surface area contributed by atoms with Crippen molar-refractivity contribution in [3.63, 3.8) is 0 Å². The molecule has 1 aliphatic rings. The molecule has 94 valence electrons. The normalized spacial score (nSPS) is 14.7. The molecule has 0 spiro atoms. The average molecular weight is 249 g/mol. The first-order valence-electron chi connectivity index (χ1n) is 6.70. The largest absolute Gasteiger partial charge is 0.353 e. The van der Waals surface area contributed by atoms with Gasteiger partial charge in [0, 0.05) is 23.8 Å². The van der Waals surface area contributed by atoms with Gasteiger partial charge in [0.1, 0.15) is 0 Å². The van der Waals surface area contributed by atoms with Crippen molar-refractivity contribution in [1.29, 1.82) is 0 Å². The molecule has 3 heteroatoms. The molecule has 1 aromatic heterocycles. The maximum atomic E-state index is 4.43. The van der Waals surface area contributed by atoms with Crippen LogP contribution in [-0.4, -0.2) is 15.6 Å². The van der Waals surface area contributed by atoms with Crippen molar-refractivity contribution >= 4 is 16.7 Å². The van der Waals surface area contributed by atoms with Crippen molar-refractivity contribution < 1.29 is 0 Å². The van der Waals surface area contributed by atoms with Crippen molar-refractivity contribution in [3.05, 3.63) is 54.9 Å². The quantitative estimate of drug-likeness (QED) is 0.768. The molecule has 0 amide bonds. The lowest BCUT2D eigenvalue weighted by molar-refractivity contribution is 1.01. The molecule has 4 rings (SSSR count). The first-order chi connectivity index (χ1) is 9.42. The van der Waals surface area contributed by atoms with E-state index in [1.807, 2.05) is 12.4 Å². The van der Waals surface area contributed by atoms with E-state index in [1.54, 1.807) is 0 Å². The Hall–Kier alpha value is -2.29. The second kappa shape index (κ2) is 4.12. The Morgan fingerprint density at radius 3 is 2.79 bits per heavy atom. The highest BCUT2D eigenvalue weighted by Crippen LogP contribution is 2.28. The zero-order valence-corrected chi connectivity index (χ0v) is 10.6. The molecule has 3 aromatic rings. The van der Waals surface area contributed by atoms with E-state index in [2.05, 4.69) is 57.3 Å². The minimum atomic E-state index is 0.608. The van der Waals surface area contributed by atoms with E-state index < -0.39 is 0 Å². The van der Waals surface area contributed by atoms with Crippen molar-refractivity contribution in [1.82, 2.24) is 9.55 Å². The summed E-state index contributed by atoms with van der Waals surface area (Å²) in [5, 5.41) is 5.99. The molecule has 2 aromatic carbocycles. The minimum absolute atomic E-state index is 0.608. The fourth-order valence-corrected chi connectivity index (χ4v) is 2.43. The second-order valence-corrected chi connectivity index (χ2v) is 5.04. The number of aromatic nitrogens is 2. The van der Waals surface area contributed by atoms with Crippen LogP contribution in [0, 0.1) is 0 Å². The van der Waals surface area contributed by atoms with E-state index in [0.29, 0.717) is 6.04 Å². The molecule has 1 aliphatic carbocycles. The van der Waals surface area contributed by atoms with E-state index in [4.69, 9.17) is 0 Å². The third kappa shape index (κ3) is 1.87. The number of benzene rings is 2. The summed E-state index contributed by atoms with van der Waals surface area (Å²) in [6, 6.07) is 15.4. The summed E-state index contributed by atoms with van der Waals surface area (Å²) in [5.41, 5.74) is 1.18. The highest BCUT2D eigenvalue weighted by Gasteiger charge is 2.23. The van der Waals surface area contributed by atoms with Gasteiger partial charge in [-0.25, -0.2) is 4.98 Å².